The fraction of sp³-hybridized carbons (Fsp3) is 0.706. The van der Waals surface area contributed by atoms with Gasteiger partial charge in [-0.2, -0.15) is 0 Å². The maximum Gasteiger partial charge on any atom is 0.245 e. The summed E-state index contributed by atoms with van der Waals surface area (Å²) < 4.78 is 0. The van der Waals surface area contributed by atoms with Crippen LogP contribution in [-0.4, -0.2) is 46.2 Å². The number of aryl methyl sites for hydroxylation is 1. The van der Waals surface area contributed by atoms with Crippen molar-refractivity contribution in [1.82, 2.24) is 14.8 Å². The minimum Gasteiger partial charge on any atom is -0.339 e. The van der Waals surface area contributed by atoms with Gasteiger partial charge in [0, 0.05) is 24.9 Å². The zero-order valence-electron chi connectivity index (χ0n) is 14.5. The molecule has 0 aliphatic carbocycles. The summed E-state index contributed by atoms with van der Waals surface area (Å²) in [5, 5.41) is 0. The van der Waals surface area contributed by atoms with Crippen LogP contribution in [0.15, 0.2) is 5.51 Å². The minimum atomic E-state index is -0.332. The lowest BCUT2D eigenvalue weighted by Gasteiger charge is -2.36. The summed E-state index contributed by atoms with van der Waals surface area (Å²) in [6.07, 6.45) is 3.22. The smallest absolute Gasteiger partial charge is 0.245 e. The van der Waals surface area contributed by atoms with Gasteiger partial charge in [-0.05, 0) is 32.1 Å². The van der Waals surface area contributed by atoms with E-state index in [4.69, 9.17) is 0 Å². The van der Waals surface area contributed by atoms with E-state index in [-0.39, 0.29) is 17.9 Å². The van der Waals surface area contributed by atoms with Crippen molar-refractivity contribution < 1.29 is 9.59 Å². The summed E-state index contributed by atoms with van der Waals surface area (Å²) >= 11 is 1.57. The summed E-state index contributed by atoms with van der Waals surface area (Å²) in [5.41, 5.74) is 2.78. The number of amides is 2. The van der Waals surface area contributed by atoms with Crippen molar-refractivity contribution in [3.63, 3.8) is 0 Å². The number of likely N-dealkylation sites (tertiary alicyclic amines) is 1. The molecule has 0 unspecified atom stereocenters. The van der Waals surface area contributed by atoms with Gasteiger partial charge in [0.25, 0.3) is 0 Å². The Morgan fingerprint density at radius 3 is 2.74 bits per heavy atom. The number of hydrogen-bond acceptors (Lipinski definition) is 4. The van der Waals surface area contributed by atoms with Crippen molar-refractivity contribution in [1.29, 1.82) is 0 Å². The van der Waals surface area contributed by atoms with E-state index in [0.29, 0.717) is 25.4 Å². The molecule has 6 heteroatoms. The van der Waals surface area contributed by atoms with Gasteiger partial charge >= 0.3 is 0 Å². The van der Waals surface area contributed by atoms with Crippen LogP contribution in [0.3, 0.4) is 0 Å². The van der Waals surface area contributed by atoms with E-state index < -0.39 is 0 Å². The molecule has 1 fully saturated rings. The second kappa shape index (κ2) is 7.90. The predicted octanol–water partition coefficient (Wildman–Crippen LogP) is 2.84. The van der Waals surface area contributed by atoms with Crippen LogP contribution in [0.2, 0.25) is 0 Å². The molecule has 0 aromatic carbocycles. The van der Waals surface area contributed by atoms with Gasteiger partial charge in [-0.25, -0.2) is 4.98 Å². The normalized spacial score (nSPS) is 16.7. The van der Waals surface area contributed by atoms with Crippen LogP contribution in [-0.2, 0) is 16.1 Å². The Morgan fingerprint density at radius 2 is 2.17 bits per heavy atom. The first-order valence-electron chi connectivity index (χ1n) is 8.33. The van der Waals surface area contributed by atoms with Gasteiger partial charge in [-0.15, -0.1) is 11.3 Å². The SMILES string of the molecule is Cc1ncsc1CN(C)C(=O)[C@@H](CC(C)C)N1CCCCC1=O. The molecule has 1 saturated heterocycles. The summed E-state index contributed by atoms with van der Waals surface area (Å²) in [7, 11) is 1.82. The summed E-state index contributed by atoms with van der Waals surface area (Å²) in [5.74, 6) is 0.539. The zero-order valence-corrected chi connectivity index (χ0v) is 15.4. The van der Waals surface area contributed by atoms with Crippen molar-refractivity contribution in [2.75, 3.05) is 13.6 Å². The van der Waals surface area contributed by atoms with Crippen LogP contribution >= 0.6 is 11.3 Å². The van der Waals surface area contributed by atoms with E-state index in [9.17, 15) is 9.59 Å². The number of hydrogen-bond donors (Lipinski definition) is 0. The fourth-order valence-corrected chi connectivity index (χ4v) is 3.82. The highest BCUT2D eigenvalue weighted by molar-refractivity contribution is 7.09. The predicted molar refractivity (Wildman–Crippen MR) is 92.1 cm³/mol. The lowest BCUT2D eigenvalue weighted by atomic mass is 9.98. The second-order valence-electron chi connectivity index (χ2n) is 6.74. The Bertz CT molecular complexity index is 556. The number of carbonyl (C=O) groups excluding carboxylic acids is 2. The number of thiazole rings is 1. The molecule has 0 radical (unpaired) electrons. The molecule has 1 aromatic rings. The van der Waals surface area contributed by atoms with E-state index in [0.717, 1.165) is 29.8 Å². The third-order valence-corrected chi connectivity index (χ3v) is 5.24. The highest BCUT2D eigenvalue weighted by Gasteiger charge is 2.33. The highest BCUT2D eigenvalue weighted by atomic mass is 32.1. The molecule has 5 nitrogen and oxygen atoms in total. The lowest BCUT2D eigenvalue weighted by molar-refractivity contribution is -0.147. The average Bonchev–Trinajstić information content (AvgIpc) is 2.90. The first-order valence-corrected chi connectivity index (χ1v) is 9.21. The molecular formula is C17H27N3O2S. The molecule has 2 heterocycles. The third-order valence-electron chi connectivity index (χ3n) is 4.32. The Labute approximate surface area is 142 Å². The van der Waals surface area contributed by atoms with Crippen LogP contribution in [0.5, 0.6) is 0 Å². The van der Waals surface area contributed by atoms with Gasteiger partial charge in [0.05, 0.1) is 17.7 Å². The van der Waals surface area contributed by atoms with Crippen LogP contribution in [0, 0.1) is 12.8 Å². The largest absolute Gasteiger partial charge is 0.339 e. The van der Waals surface area contributed by atoms with E-state index in [1.54, 1.807) is 16.2 Å². The molecule has 1 aliphatic rings. The Morgan fingerprint density at radius 1 is 1.43 bits per heavy atom. The highest BCUT2D eigenvalue weighted by Crippen LogP contribution is 2.22. The fourth-order valence-electron chi connectivity index (χ4n) is 2.99. The minimum absolute atomic E-state index is 0.0433. The monoisotopic (exact) mass is 337 g/mol. The molecule has 23 heavy (non-hydrogen) atoms. The first-order chi connectivity index (χ1) is 10.9. The second-order valence-corrected chi connectivity index (χ2v) is 7.68. The standard InChI is InChI=1S/C17H27N3O2S/c1-12(2)9-14(20-8-6-5-7-16(20)21)17(22)19(4)10-15-13(3)18-11-23-15/h11-12,14H,5-10H2,1-4H3/t14-/m1/s1. The van der Waals surface area contributed by atoms with Gasteiger partial charge in [-0.1, -0.05) is 13.8 Å². The number of carbonyl (C=O) groups is 2. The maximum atomic E-state index is 13.0. The van der Waals surface area contributed by atoms with Crippen LogP contribution in [0.25, 0.3) is 0 Å². The van der Waals surface area contributed by atoms with Crippen molar-refractivity contribution in [2.24, 2.45) is 5.92 Å². The molecule has 128 valence electrons. The van der Waals surface area contributed by atoms with Gasteiger partial charge in [-0.3, -0.25) is 9.59 Å². The quantitative estimate of drug-likeness (QED) is 0.802. The summed E-state index contributed by atoms with van der Waals surface area (Å²) in [6, 6.07) is -0.332. The van der Waals surface area contributed by atoms with E-state index >= 15 is 0 Å². The molecule has 0 saturated carbocycles. The van der Waals surface area contributed by atoms with E-state index in [1.165, 1.54) is 0 Å². The molecule has 1 aromatic heterocycles. The molecule has 1 atom stereocenters. The lowest BCUT2D eigenvalue weighted by Crippen LogP contribution is -2.52. The summed E-state index contributed by atoms with van der Waals surface area (Å²) in [4.78, 5) is 34.1. The Balaban J connectivity index is 2.12. The molecule has 2 rings (SSSR count). The van der Waals surface area contributed by atoms with Crippen molar-refractivity contribution in [3.8, 4) is 0 Å². The van der Waals surface area contributed by atoms with Crippen molar-refractivity contribution >= 4 is 23.2 Å². The van der Waals surface area contributed by atoms with Crippen molar-refractivity contribution in [2.45, 2.75) is 59.0 Å². The van der Waals surface area contributed by atoms with Crippen LogP contribution in [0.4, 0.5) is 0 Å². The number of nitrogens with zero attached hydrogens (tertiary/aromatic N) is 3. The van der Waals surface area contributed by atoms with Gasteiger partial charge < -0.3 is 9.80 Å². The van der Waals surface area contributed by atoms with Gasteiger partial charge in [0.2, 0.25) is 11.8 Å². The summed E-state index contributed by atoms with van der Waals surface area (Å²) in [6.45, 7) is 7.43. The van der Waals surface area contributed by atoms with E-state index in [1.807, 2.05) is 24.4 Å². The number of aromatic nitrogens is 1. The van der Waals surface area contributed by atoms with Crippen LogP contribution in [0.1, 0.15) is 50.1 Å². The average molecular weight is 337 g/mol. The number of likely N-dealkylation sites (N-methyl/N-ethyl adjacent to an activating group) is 1. The zero-order chi connectivity index (χ0) is 17.0. The number of rotatable bonds is 6. The van der Waals surface area contributed by atoms with Crippen LogP contribution < -0.4 is 0 Å². The molecule has 2 amide bonds. The molecule has 0 spiro atoms. The first kappa shape index (κ1) is 17.9. The van der Waals surface area contributed by atoms with Gasteiger partial charge in [0.1, 0.15) is 6.04 Å². The maximum absolute atomic E-state index is 13.0. The van der Waals surface area contributed by atoms with E-state index in [2.05, 4.69) is 18.8 Å². The Kier molecular flexibility index (Phi) is 6.16. The van der Waals surface area contributed by atoms with Crippen molar-refractivity contribution in [3.05, 3.63) is 16.1 Å². The molecule has 0 bridgehead atoms. The third kappa shape index (κ3) is 4.53. The molecule has 0 N–H and O–H groups in total. The molecular weight excluding hydrogens is 310 g/mol. The topological polar surface area (TPSA) is 53.5 Å². The Hall–Kier alpha value is -1.43. The number of piperidine rings is 1. The van der Waals surface area contributed by atoms with Gasteiger partial charge in [0.15, 0.2) is 0 Å². The molecule has 1 aliphatic heterocycles.